The van der Waals surface area contributed by atoms with E-state index in [-0.39, 0.29) is 6.09 Å². The van der Waals surface area contributed by atoms with Crippen LogP contribution in [0.2, 0.25) is 0 Å². The summed E-state index contributed by atoms with van der Waals surface area (Å²) in [5.41, 5.74) is 9.24. The van der Waals surface area contributed by atoms with Gasteiger partial charge < -0.3 is 20.3 Å². The first-order valence-electron chi connectivity index (χ1n) is 9.32. The lowest BCUT2D eigenvalue weighted by atomic mass is 9.94. The van der Waals surface area contributed by atoms with Crippen LogP contribution >= 0.6 is 0 Å². The van der Waals surface area contributed by atoms with Gasteiger partial charge in [0.15, 0.2) is 0 Å². The van der Waals surface area contributed by atoms with Gasteiger partial charge in [-0.25, -0.2) is 9.78 Å². The zero-order valence-electron chi connectivity index (χ0n) is 15.7. The van der Waals surface area contributed by atoms with Crippen LogP contribution in [0.15, 0.2) is 6.07 Å². The fourth-order valence-corrected chi connectivity index (χ4v) is 3.52. The largest absolute Gasteiger partial charge is 0.444 e. The number of amides is 1. The summed E-state index contributed by atoms with van der Waals surface area (Å²) in [6.45, 7) is 9.01. The van der Waals surface area contributed by atoms with E-state index in [0.717, 1.165) is 37.3 Å². The molecule has 0 bridgehead atoms. The minimum Gasteiger partial charge on any atom is -0.444 e. The van der Waals surface area contributed by atoms with Gasteiger partial charge in [-0.05, 0) is 58.1 Å². The Labute approximate surface area is 150 Å². The van der Waals surface area contributed by atoms with Crippen LogP contribution in [0.5, 0.6) is 0 Å². The van der Waals surface area contributed by atoms with Crippen molar-refractivity contribution in [3.8, 4) is 0 Å². The molecule has 138 valence electrons. The van der Waals surface area contributed by atoms with Crippen molar-refractivity contribution in [1.82, 2.24) is 9.88 Å². The minimum absolute atomic E-state index is 0.232. The van der Waals surface area contributed by atoms with Gasteiger partial charge in [-0.1, -0.05) is 0 Å². The van der Waals surface area contributed by atoms with Crippen molar-refractivity contribution in [2.24, 2.45) is 5.73 Å². The highest BCUT2D eigenvalue weighted by molar-refractivity contribution is 5.68. The Kier molecular flexibility index (Phi) is 5.18. The fourth-order valence-electron chi connectivity index (χ4n) is 3.52. The van der Waals surface area contributed by atoms with E-state index in [2.05, 4.69) is 11.0 Å². The predicted molar refractivity (Wildman–Crippen MR) is 98.8 cm³/mol. The number of carbonyl (C=O) groups excluding carboxylic acids is 1. The molecule has 2 N–H and O–H groups in total. The number of rotatable bonds is 2. The number of nitrogens with zero attached hydrogens (tertiary/aromatic N) is 3. The third-order valence-electron chi connectivity index (χ3n) is 4.81. The maximum absolute atomic E-state index is 12.2. The first-order chi connectivity index (χ1) is 11.9. The molecule has 6 heteroatoms. The number of fused-ring (bicyclic) bond motifs is 1. The highest BCUT2D eigenvalue weighted by atomic mass is 16.6. The first-order valence-corrected chi connectivity index (χ1v) is 9.32. The summed E-state index contributed by atoms with van der Waals surface area (Å²) in [6.07, 6.45) is 4.40. The van der Waals surface area contributed by atoms with E-state index in [0.29, 0.717) is 19.6 Å². The second-order valence-electron chi connectivity index (χ2n) is 7.94. The number of aryl methyl sites for hydroxylation is 2. The van der Waals surface area contributed by atoms with Gasteiger partial charge in [0, 0.05) is 44.0 Å². The Hall–Kier alpha value is -1.82. The number of ether oxygens (including phenoxy) is 1. The van der Waals surface area contributed by atoms with Crippen LogP contribution < -0.4 is 10.6 Å². The Morgan fingerprint density at radius 3 is 2.52 bits per heavy atom. The monoisotopic (exact) mass is 346 g/mol. The van der Waals surface area contributed by atoms with Crippen molar-refractivity contribution in [2.45, 2.75) is 58.6 Å². The number of hydrogen-bond acceptors (Lipinski definition) is 5. The van der Waals surface area contributed by atoms with Crippen LogP contribution in [0.1, 0.15) is 50.4 Å². The first kappa shape index (κ1) is 18.0. The van der Waals surface area contributed by atoms with Gasteiger partial charge in [0.05, 0.1) is 0 Å². The smallest absolute Gasteiger partial charge is 0.410 e. The number of nitrogens with two attached hydrogens (primary N) is 1. The lowest BCUT2D eigenvalue weighted by molar-refractivity contribution is 0.0240. The molecule has 6 nitrogen and oxygen atoms in total. The molecule has 1 aliphatic carbocycles. The third kappa shape index (κ3) is 4.24. The molecule has 0 atom stereocenters. The molecular formula is C19H30N4O2. The van der Waals surface area contributed by atoms with E-state index in [4.69, 9.17) is 15.5 Å². The average Bonchev–Trinajstić information content (AvgIpc) is 2.59. The minimum atomic E-state index is -0.457. The Balaban J connectivity index is 1.69. The van der Waals surface area contributed by atoms with Crippen LogP contribution in [-0.4, -0.2) is 47.8 Å². The average molecular weight is 346 g/mol. The lowest BCUT2D eigenvalue weighted by Crippen LogP contribution is -2.50. The molecular weight excluding hydrogens is 316 g/mol. The summed E-state index contributed by atoms with van der Waals surface area (Å²) in [6, 6.07) is 2.25. The van der Waals surface area contributed by atoms with Crippen LogP contribution in [0.25, 0.3) is 0 Å². The molecule has 0 aromatic carbocycles. The van der Waals surface area contributed by atoms with Gasteiger partial charge in [-0.2, -0.15) is 0 Å². The third-order valence-corrected chi connectivity index (χ3v) is 4.81. The number of piperazine rings is 1. The Bertz CT molecular complexity index is 631. The number of aromatic nitrogens is 1. The van der Waals surface area contributed by atoms with Gasteiger partial charge in [0.2, 0.25) is 0 Å². The molecule has 0 saturated carbocycles. The molecule has 0 unspecified atom stereocenters. The number of anilines is 1. The molecule has 0 radical (unpaired) electrons. The van der Waals surface area contributed by atoms with Crippen molar-refractivity contribution in [3.05, 3.63) is 22.9 Å². The maximum atomic E-state index is 12.2. The topological polar surface area (TPSA) is 71.7 Å². The highest BCUT2D eigenvalue weighted by Crippen LogP contribution is 2.27. The van der Waals surface area contributed by atoms with Gasteiger partial charge in [0.25, 0.3) is 0 Å². The highest BCUT2D eigenvalue weighted by Gasteiger charge is 2.27. The van der Waals surface area contributed by atoms with Gasteiger partial charge in [-0.3, -0.25) is 0 Å². The zero-order chi connectivity index (χ0) is 18.0. The van der Waals surface area contributed by atoms with E-state index in [9.17, 15) is 4.79 Å². The van der Waals surface area contributed by atoms with Crippen molar-refractivity contribution < 1.29 is 9.53 Å². The van der Waals surface area contributed by atoms with Crippen molar-refractivity contribution in [3.63, 3.8) is 0 Å². The summed E-state index contributed by atoms with van der Waals surface area (Å²) in [4.78, 5) is 21.2. The molecule has 2 heterocycles. The van der Waals surface area contributed by atoms with Gasteiger partial charge in [-0.15, -0.1) is 0 Å². The van der Waals surface area contributed by atoms with E-state index in [1.165, 1.54) is 24.1 Å². The molecule has 1 amide bonds. The summed E-state index contributed by atoms with van der Waals surface area (Å²) in [5.74, 6) is 1.01. The second-order valence-corrected chi connectivity index (χ2v) is 7.94. The van der Waals surface area contributed by atoms with Crippen molar-refractivity contribution in [2.75, 3.05) is 31.1 Å². The summed E-state index contributed by atoms with van der Waals surface area (Å²) >= 11 is 0. The van der Waals surface area contributed by atoms with Gasteiger partial charge in [0.1, 0.15) is 11.4 Å². The maximum Gasteiger partial charge on any atom is 0.410 e. The summed E-state index contributed by atoms with van der Waals surface area (Å²) in [7, 11) is 0. The van der Waals surface area contributed by atoms with Crippen LogP contribution in [-0.2, 0) is 24.1 Å². The molecule has 1 aliphatic heterocycles. The van der Waals surface area contributed by atoms with Crippen molar-refractivity contribution >= 4 is 11.9 Å². The molecule has 1 aromatic heterocycles. The summed E-state index contributed by atoms with van der Waals surface area (Å²) < 4.78 is 5.47. The number of hydrogen-bond donors (Lipinski definition) is 1. The van der Waals surface area contributed by atoms with E-state index in [1.807, 2.05) is 20.8 Å². The predicted octanol–water partition coefficient (Wildman–Crippen LogP) is 2.48. The number of pyridine rings is 1. The van der Waals surface area contributed by atoms with E-state index < -0.39 is 5.60 Å². The lowest BCUT2D eigenvalue weighted by Gasteiger charge is -2.37. The Morgan fingerprint density at radius 2 is 1.88 bits per heavy atom. The van der Waals surface area contributed by atoms with Crippen LogP contribution in [0.4, 0.5) is 10.6 Å². The summed E-state index contributed by atoms with van der Waals surface area (Å²) in [5, 5.41) is 0. The molecule has 0 spiro atoms. The molecule has 2 aliphatic rings. The van der Waals surface area contributed by atoms with Gasteiger partial charge >= 0.3 is 6.09 Å². The molecule has 1 aromatic rings. The molecule has 3 rings (SSSR count). The van der Waals surface area contributed by atoms with Crippen LogP contribution in [0.3, 0.4) is 0 Å². The van der Waals surface area contributed by atoms with E-state index >= 15 is 0 Å². The van der Waals surface area contributed by atoms with Crippen LogP contribution in [0, 0.1) is 0 Å². The normalized spacial score (nSPS) is 18.1. The van der Waals surface area contributed by atoms with Crippen molar-refractivity contribution in [1.29, 1.82) is 0 Å². The molecule has 25 heavy (non-hydrogen) atoms. The quantitative estimate of drug-likeness (QED) is 0.891. The van der Waals surface area contributed by atoms with E-state index in [1.54, 1.807) is 4.90 Å². The molecule has 1 fully saturated rings. The SMILES string of the molecule is CC(C)(C)OC(=O)N1CCN(c2nc3c(cc2CN)CCCC3)CC1. The zero-order valence-corrected chi connectivity index (χ0v) is 15.7. The second kappa shape index (κ2) is 7.20. The Morgan fingerprint density at radius 1 is 1.20 bits per heavy atom. The standard InChI is InChI=1S/C19H30N4O2/c1-19(2,3)25-18(24)23-10-8-22(9-11-23)17-15(13-20)12-14-6-4-5-7-16(14)21-17/h12H,4-11,13,20H2,1-3H3. The molecule has 1 saturated heterocycles. The number of carbonyl (C=O) groups is 1. The fraction of sp³-hybridized carbons (Fsp3) is 0.684.